The van der Waals surface area contributed by atoms with Gasteiger partial charge in [0.15, 0.2) is 0 Å². The molecule has 0 aromatic heterocycles. The number of nitrogens with one attached hydrogen (secondary N) is 1. The predicted octanol–water partition coefficient (Wildman–Crippen LogP) is 1.92. The first-order valence-electron chi connectivity index (χ1n) is 7.03. The third kappa shape index (κ3) is 4.31. The highest BCUT2D eigenvalue weighted by Gasteiger charge is 2.08. The lowest BCUT2D eigenvalue weighted by molar-refractivity contribution is 0.214. The van der Waals surface area contributed by atoms with Crippen LogP contribution in [-0.4, -0.2) is 44.2 Å². The van der Waals surface area contributed by atoms with Crippen LogP contribution in [0.2, 0.25) is 0 Å². The Morgan fingerprint density at radius 1 is 1.28 bits per heavy atom. The van der Waals surface area contributed by atoms with Crippen molar-refractivity contribution in [3.8, 4) is 5.75 Å². The van der Waals surface area contributed by atoms with E-state index in [0.717, 1.165) is 44.8 Å². The van der Waals surface area contributed by atoms with Crippen molar-refractivity contribution in [1.82, 2.24) is 10.2 Å². The fourth-order valence-corrected chi connectivity index (χ4v) is 2.27. The highest BCUT2D eigenvalue weighted by atomic mass is 16.5. The summed E-state index contributed by atoms with van der Waals surface area (Å²) in [7, 11) is 0. The molecule has 1 aliphatic heterocycles. The summed E-state index contributed by atoms with van der Waals surface area (Å²) in [5.41, 5.74) is 1.34. The van der Waals surface area contributed by atoms with Gasteiger partial charge in [0.2, 0.25) is 0 Å². The molecule has 0 radical (unpaired) electrons. The van der Waals surface area contributed by atoms with E-state index in [1.165, 1.54) is 18.7 Å². The van der Waals surface area contributed by atoms with E-state index in [1.807, 2.05) is 6.07 Å². The molecule has 3 heteroatoms. The molecule has 0 atom stereocenters. The number of ether oxygens (including phenoxy) is 1. The molecule has 1 saturated heterocycles. The molecule has 1 aromatic rings. The molecule has 3 nitrogen and oxygen atoms in total. The molecule has 18 heavy (non-hydrogen) atoms. The zero-order valence-electron chi connectivity index (χ0n) is 11.3. The molecule has 1 N–H and O–H groups in total. The number of nitrogens with zero attached hydrogens (tertiary/aromatic N) is 1. The second kappa shape index (κ2) is 7.39. The van der Waals surface area contributed by atoms with Crippen LogP contribution in [0, 0.1) is 0 Å². The molecule has 1 fully saturated rings. The molecule has 0 aliphatic carbocycles. The molecular weight excluding hydrogens is 224 g/mol. The number of benzene rings is 1. The van der Waals surface area contributed by atoms with Crippen LogP contribution in [-0.2, 0) is 6.42 Å². The molecule has 1 heterocycles. The van der Waals surface area contributed by atoms with Gasteiger partial charge in [0.05, 0.1) is 6.61 Å². The van der Waals surface area contributed by atoms with E-state index in [4.69, 9.17) is 4.74 Å². The standard InChI is InChI=1S/C15H24N2O/c1-2-14-5-3-6-15(13-14)18-12-4-9-17-10-7-16-8-11-17/h3,5-6,13,16H,2,4,7-12H2,1H3. The van der Waals surface area contributed by atoms with Gasteiger partial charge < -0.3 is 15.0 Å². The number of piperazine rings is 1. The summed E-state index contributed by atoms with van der Waals surface area (Å²) in [6, 6.07) is 8.41. The molecule has 0 spiro atoms. The van der Waals surface area contributed by atoms with Gasteiger partial charge in [0.25, 0.3) is 0 Å². The molecule has 0 saturated carbocycles. The summed E-state index contributed by atoms with van der Waals surface area (Å²) in [5, 5.41) is 3.37. The van der Waals surface area contributed by atoms with Crippen LogP contribution in [0.3, 0.4) is 0 Å². The van der Waals surface area contributed by atoms with Gasteiger partial charge in [0, 0.05) is 32.7 Å². The molecule has 0 bridgehead atoms. The summed E-state index contributed by atoms with van der Waals surface area (Å²) >= 11 is 0. The maximum absolute atomic E-state index is 5.80. The Kier molecular flexibility index (Phi) is 5.49. The van der Waals surface area contributed by atoms with Gasteiger partial charge >= 0.3 is 0 Å². The number of hydrogen-bond acceptors (Lipinski definition) is 3. The van der Waals surface area contributed by atoms with E-state index in [-0.39, 0.29) is 0 Å². The lowest BCUT2D eigenvalue weighted by Gasteiger charge is -2.26. The predicted molar refractivity (Wildman–Crippen MR) is 75.2 cm³/mol. The normalized spacial score (nSPS) is 16.7. The lowest BCUT2D eigenvalue weighted by Crippen LogP contribution is -2.43. The summed E-state index contributed by atoms with van der Waals surface area (Å²) in [6.45, 7) is 8.73. The van der Waals surface area contributed by atoms with Crippen molar-refractivity contribution in [3.05, 3.63) is 29.8 Å². The first-order chi connectivity index (χ1) is 8.88. The Hall–Kier alpha value is -1.06. The average Bonchev–Trinajstić information content (AvgIpc) is 2.45. The number of hydrogen-bond donors (Lipinski definition) is 1. The Balaban J connectivity index is 1.65. The van der Waals surface area contributed by atoms with E-state index in [1.54, 1.807) is 0 Å². The molecule has 1 aromatic carbocycles. The number of aryl methyl sites for hydroxylation is 1. The SMILES string of the molecule is CCc1cccc(OCCCN2CCNCC2)c1. The number of rotatable bonds is 6. The third-order valence-electron chi connectivity index (χ3n) is 3.40. The maximum atomic E-state index is 5.80. The molecule has 0 unspecified atom stereocenters. The van der Waals surface area contributed by atoms with Crippen molar-refractivity contribution in [2.24, 2.45) is 0 Å². The van der Waals surface area contributed by atoms with Crippen LogP contribution in [0.1, 0.15) is 18.9 Å². The van der Waals surface area contributed by atoms with Crippen molar-refractivity contribution in [3.63, 3.8) is 0 Å². The van der Waals surface area contributed by atoms with Gasteiger partial charge in [-0.05, 0) is 30.5 Å². The maximum Gasteiger partial charge on any atom is 0.119 e. The van der Waals surface area contributed by atoms with E-state index in [9.17, 15) is 0 Å². The minimum atomic E-state index is 0.817. The molecule has 100 valence electrons. The zero-order chi connectivity index (χ0) is 12.6. The highest BCUT2D eigenvalue weighted by Crippen LogP contribution is 2.13. The van der Waals surface area contributed by atoms with Gasteiger partial charge in [-0.15, -0.1) is 0 Å². The summed E-state index contributed by atoms with van der Waals surface area (Å²) in [6.07, 6.45) is 2.17. The van der Waals surface area contributed by atoms with E-state index < -0.39 is 0 Å². The van der Waals surface area contributed by atoms with E-state index in [0.29, 0.717) is 0 Å². The summed E-state index contributed by atoms with van der Waals surface area (Å²) in [5.74, 6) is 1.01. The van der Waals surface area contributed by atoms with Crippen molar-refractivity contribution in [1.29, 1.82) is 0 Å². The Labute approximate surface area is 110 Å². The van der Waals surface area contributed by atoms with Crippen molar-refractivity contribution in [2.45, 2.75) is 19.8 Å². The van der Waals surface area contributed by atoms with Crippen molar-refractivity contribution in [2.75, 3.05) is 39.3 Å². The quantitative estimate of drug-likeness (QED) is 0.779. The molecular formula is C15H24N2O. The van der Waals surface area contributed by atoms with Crippen LogP contribution >= 0.6 is 0 Å². The lowest BCUT2D eigenvalue weighted by atomic mass is 10.2. The summed E-state index contributed by atoms with van der Waals surface area (Å²) < 4.78 is 5.80. The van der Waals surface area contributed by atoms with Gasteiger partial charge in [-0.25, -0.2) is 0 Å². The topological polar surface area (TPSA) is 24.5 Å². The minimum Gasteiger partial charge on any atom is -0.494 e. The third-order valence-corrected chi connectivity index (χ3v) is 3.40. The smallest absolute Gasteiger partial charge is 0.119 e. The minimum absolute atomic E-state index is 0.817. The van der Waals surface area contributed by atoms with E-state index >= 15 is 0 Å². The molecule has 0 amide bonds. The van der Waals surface area contributed by atoms with Gasteiger partial charge in [-0.2, -0.15) is 0 Å². The average molecular weight is 248 g/mol. The second-order valence-corrected chi connectivity index (χ2v) is 4.79. The van der Waals surface area contributed by atoms with Crippen molar-refractivity contribution < 1.29 is 4.74 Å². The van der Waals surface area contributed by atoms with Gasteiger partial charge in [-0.3, -0.25) is 0 Å². The van der Waals surface area contributed by atoms with Crippen LogP contribution in [0.25, 0.3) is 0 Å². The first-order valence-corrected chi connectivity index (χ1v) is 7.03. The Bertz CT molecular complexity index is 348. The highest BCUT2D eigenvalue weighted by molar-refractivity contribution is 5.28. The fourth-order valence-electron chi connectivity index (χ4n) is 2.27. The first kappa shape index (κ1) is 13.4. The zero-order valence-corrected chi connectivity index (χ0v) is 11.3. The van der Waals surface area contributed by atoms with Gasteiger partial charge in [0.1, 0.15) is 5.75 Å². The largest absolute Gasteiger partial charge is 0.494 e. The van der Waals surface area contributed by atoms with Crippen LogP contribution < -0.4 is 10.1 Å². The second-order valence-electron chi connectivity index (χ2n) is 4.79. The van der Waals surface area contributed by atoms with Crippen LogP contribution in [0.4, 0.5) is 0 Å². The Morgan fingerprint density at radius 2 is 2.11 bits per heavy atom. The van der Waals surface area contributed by atoms with Crippen LogP contribution in [0.5, 0.6) is 5.75 Å². The van der Waals surface area contributed by atoms with Gasteiger partial charge in [-0.1, -0.05) is 19.1 Å². The summed E-state index contributed by atoms with van der Waals surface area (Å²) in [4.78, 5) is 2.50. The van der Waals surface area contributed by atoms with Crippen LogP contribution in [0.15, 0.2) is 24.3 Å². The van der Waals surface area contributed by atoms with Crippen molar-refractivity contribution >= 4 is 0 Å². The molecule has 1 aliphatic rings. The monoisotopic (exact) mass is 248 g/mol. The molecule has 2 rings (SSSR count). The van der Waals surface area contributed by atoms with E-state index in [2.05, 4.69) is 35.3 Å². The fraction of sp³-hybridized carbons (Fsp3) is 0.600. The Morgan fingerprint density at radius 3 is 2.89 bits per heavy atom.